The van der Waals surface area contributed by atoms with Crippen LogP contribution in [0.1, 0.15) is 37.4 Å². The van der Waals surface area contributed by atoms with Crippen molar-refractivity contribution in [2.45, 2.75) is 32.7 Å². The maximum atomic E-state index is 13.5. The van der Waals surface area contributed by atoms with E-state index in [0.717, 1.165) is 30.7 Å². The smallest absolute Gasteiger partial charge is 0.124 e. The summed E-state index contributed by atoms with van der Waals surface area (Å²) in [6.07, 6.45) is 1.92. The van der Waals surface area contributed by atoms with Crippen molar-refractivity contribution in [2.75, 3.05) is 13.2 Å². The number of hydrogen-bond acceptors (Lipinski definition) is 3. The molecule has 114 valence electrons. The molecule has 4 heteroatoms. The zero-order valence-electron chi connectivity index (χ0n) is 12.6. The van der Waals surface area contributed by atoms with Crippen LogP contribution in [0.2, 0.25) is 0 Å². The van der Waals surface area contributed by atoms with Crippen molar-refractivity contribution in [1.82, 2.24) is 5.32 Å². The average Bonchev–Trinajstić information content (AvgIpc) is 2.99. The molecule has 0 aliphatic rings. The summed E-state index contributed by atoms with van der Waals surface area (Å²) in [5.74, 6) is 0.545. The van der Waals surface area contributed by atoms with Crippen LogP contribution in [0.3, 0.4) is 0 Å². The van der Waals surface area contributed by atoms with Crippen LogP contribution in [0, 0.1) is 5.82 Å². The second-order valence-electron chi connectivity index (χ2n) is 5.09. The van der Waals surface area contributed by atoms with Gasteiger partial charge in [0.25, 0.3) is 0 Å². The van der Waals surface area contributed by atoms with E-state index >= 15 is 0 Å². The summed E-state index contributed by atoms with van der Waals surface area (Å²) in [6, 6.07) is 6.92. The molecule has 0 saturated heterocycles. The Kier molecular flexibility index (Phi) is 6.21. The van der Waals surface area contributed by atoms with Gasteiger partial charge in [-0.2, -0.15) is 11.3 Å². The third-order valence-electron chi connectivity index (χ3n) is 3.37. The van der Waals surface area contributed by atoms with E-state index in [1.807, 2.05) is 6.92 Å². The highest BCUT2D eigenvalue weighted by molar-refractivity contribution is 7.07. The Balaban J connectivity index is 2.00. The third-order valence-corrected chi connectivity index (χ3v) is 4.10. The molecule has 0 radical (unpaired) electrons. The molecule has 21 heavy (non-hydrogen) atoms. The molecular weight excluding hydrogens is 285 g/mol. The molecule has 0 aliphatic heterocycles. The van der Waals surface area contributed by atoms with Crippen LogP contribution < -0.4 is 10.1 Å². The molecule has 1 atom stereocenters. The van der Waals surface area contributed by atoms with Crippen LogP contribution in [0.5, 0.6) is 5.75 Å². The monoisotopic (exact) mass is 307 g/mol. The zero-order chi connectivity index (χ0) is 15.1. The lowest BCUT2D eigenvalue weighted by Crippen LogP contribution is -2.20. The van der Waals surface area contributed by atoms with Gasteiger partial charge in [-0.15, -0.1) is 0 Å². The molecule has 1 unspecified atom stereocenters. The first-order chi connectivity index (χ1) is 10.2. The minimum Gasteiger partial charge on any atom is -0.493 e. The fourth-order valence-corrected chi connectivity index (χ4v) is 2.88. The van der Waals surface area contributed by atoms with E-state index in [1.165, 1.54) is 11.6 Å². The summed E-state index contributed by atoms with van der Waals surface area (Å²) in [5.41, 5.74) is 2.16. The van der Waals surface area contributed by atoms with E-state index in [2.05, 4.69) is 29.1 Å². The largest absolute Gasteiger partial charge is 0.493 e. The van der Waals surface area contributed by atoms with Gasteiger partial charge in [0.2, 0.25) is 0 Å². The fourth-order valence-electron chi connectivity index (χ4n) is 2.17. The highest BCUT2D eigenvalue weighted by Gasteiger charge is 2.12. The molecule has 2 nitrogen and oxygen atoms in total. The minimum absolute atomic E-state index is 0.0804. The fraction of sp³-hybridized carbons (Fsp3) is 0.412. The molecule has 0 spiro atoms. The number of nitrogens with one attached hydrogen (secondary N) is 1. The van der Waals surface area contributed by atoms with Gasteiger partial charge in [-0.05, 0) is 60.5 Å². The summed E-state index contributed by atoms with van der Waals surface area (Å²) >= 11 is 1.69. The summed E-state index contributed by atoms with van der Waals surface area (Å²) < 4.78 is 19.4. The van der Waals surface area contributed by atoms with Crippen molar-refractivity contribution in [3.63, 3.8) is 0 Å². The van der Waals surface area contributed by atoms with Gasteiger partial charge in [-0.25, -0.2) is 4.39 Å². The van der Waals surface area contributed by atoms with Crippen LogP contribution >= 0.6 is 11.3 Å². The number of benzene rings is 1. The van der Waals surface area contributed by atoms with Crippen LogP contribution in [-0.4, -0.2) is 13.2 Å². The van der Waals surface area contributed by atoms with E-state index in [1.54, 1.807) is 23.5 Å². The molecule has 1 aromatic carbocycles. The molecule has 0 saturated carbocycles. The van der Waals surface area contributed by atoms with Crippen LogP contribution in [0.4, 0.5) is 4.39 Å². The van der Waals surface area contributed by atoms with Crippen molar-refractivity contribution < 1.29 is 9.13 Å². The average molecular weight is 307 g/mol. The summed E-state index contributed by atoms with van der Waals surface area (Å²) in [5, 5.41) is 7.57. The Morgan fingerprint density at radius 1 is 1.33 bits per heavy atom. The van der Waals surface area contributed by atoms with Gasteiger partial charge in [-0.1, -0.05) is 6.92 Å². The summed E-state index contributed by atoms with van der Waals surface area (Å²) in [4.78, 5) is 0. The number of hydrogen-bond donors (Lipinski definition) is 1. The second-order valence-corrected chi connectivity index (χ2v) is 5.87. The summed E-state index contributed by atoms with van der Waals surface area (Å²) in [6.45, 7) is 5.67. The highest BCUT2D eigenvalue weighted by Crippen LogP contribution is 2.26. The van der Waals surface area contributed by atoms with Gasteiger partial charge in [0.15, 0.2) is 0 Å². The Hall–Kier alpha value is -1.39. The van der Waals surface area contributed by atoms with Crippen molar-refractivity contribution in [1.29, 1.82) is 0 Å². The standard InChI is InChI=1S/C17H22FNOS/c1-3-8-19-13(2)16-11-15(18)4-5-17(16)20-9-6-14-7-10-21-12-14/h4-5,7,10-13,19H,3,6,8-9H2,1-2H3. The molecule has 0 aliphatic carbocycles. The molecule has 1 heterocycles. The van der Waals surface area contributed by atoms with Crippen LogP contribution in [0.25, 0.3) is 0 Å². The van der Waals surface area contributed by atoms with Gasteiger partial charge >= 0.3 is 0 Å². The minimum atomic E-state index is -0.222. The van der Waals surface area contributed by atoms with Crippen molar-refractivity contribution >= 4 is 11.3 Å². The normalized spacial score (nSPS) is 12.3. The lowest BCUT2D eigenvalue weighted by molar-refractivity contribution is 0.314. The predicted molar refractivity (Wildman–Crippen MR) is 86.6 cm³/mol. The van der Waals surface area contributed by atoms with Crippen molar-refractivity contribution in [2.24, 2.45) is 0 Å². The maximum Gasteiger partial charge on any atom is 0.124 e. The van der Waals surface area contributed by atoms with E-state index in [4.69, 9.17) is 4.74 Å². The first-order valence-electron chi connectivity index (χ1n) is 7.37. The lowest BCUT2D eigenvalue weighted by atomic mass is 10.1. The summed E-state index contributed by atoms with van der Waals surface area (Å²) in [7, 11) is 0. The number of ether oxygens (including phenoxy) is 1. The number of rotatable bonds is 8. The Bertz CT molecular complexity index is 542. The molecule has 1 aromatic heterocycles. The van der Waals surface area contributed by atoms with E-state index in [0.29, 0.717) is 6.61 Å². The SMILES string of the molecule is CCCNC(C)c1cc(F)ccc1OCCc1ccsc1. The van der Waals surface area contributed by atoms with E-state index < -0.39 is 0 Å². The van der Waals surface area contributed by atoms with Crippen molar-refractivity contribution in [3.05, 3.63) is 52.0 Å². The molecular formula is C17H22FNOS. The van der Waals surface area contributed by atoms with Crippen molar-refractivity contribution in [3.8, 4) is 5.75 Å². The van der Waals surface area contributed by atoms with Gasteiger partial charge in [0.05, 0.1) is 6.61 Å². The quantitative estimate of drug-likeness (QED) is 0.771. The zero-order valence-corrected chi connectivity index (χ0v) is 13.4. The predicted octanol–water partition coefficient (Wildman–Crippen LogP) is 4.57. The number of thiophene rings is 1. The number of halogens is 1. The molecule has 0 fully saturated rings. The Labute approximate surface area is 130 Å². The maximum absolute atomic E-state index is 13.5. The molecule has 2 aromatic rings. The van der Waals surface area contributed by atoms with E-state index in [9.17, 15) is 4.39 Å². The molecule has 0 bridgehead atoms. The molecule has 1 N–H and O–H groups in total. The second kappa shape index (κ2) is 8.15. The van der Waals surface area contributed by atoms with Crippen LogP contribution in [-0.2, 0) is 6.42 Å². The molecule has 2 rings (SSSR count). The first kappa shape index (κ1) is 16.0. The first-order valence-corrected chi connectivity index (χ1v) is 8.31. The van der Waals surface area contributed by atoms with E-state index in [-0.39, 0.29) is 11.9 Å². The topological polar surface area (TPSA) is 21.3 Å². The van der Waals surface area contributed by atoms with Gasteiger partial charge in [0, 0.05) is 18.0 Å². The van der Waals surface area contributed by atoms with Gasteiger partial charge in [-0.3, -0.25) is 0 Å². The Morgan fingerprint density at radius 2 is 2.19 bits per heavy atom. The third kappa shape index (κ3) is 4.83. The van der Waals surface area contributed by atoms with Crippen LogP contribution in [0.15, 0.2) is 35.0 Å². The Morgan fingerprint density at radius 3 is 2.90 bits per heavy atom. The van der Waals surface area contributed by atoms with Gasteiger partial charge in [0.1, 0.15) is 11.6 Å². The highest BCUT2D eigenvalue weighted by atomic mass is 32.1. The molecule has 0 amide bonds. The van der Waals surface area contributed by atoms with Gasteiger partial charge < -0.3 is 10.1 Å². The lowest BCUT2D eigenvalue weighted by Gasteiger charge is -2.18.